The van der Waals surface area contributed by atoms with Crippen LogP contribution in [0.2, 0.25) is 0 Å². The van der Waals surface area contributed by atoms with E-state index >= 15 is 0 Å². The molecule has 0 saturated carbocycles. The van der Waals surface area contributed by atoms with E-state index in [9.17, 15) is 4.79 Å². The maximum atomic E-state index is 11.0. The van der Waals surface area contributed by atoms with E-state index in [1.165, 1.54) is 5.57 Å². The molecule has 0 bridgehead atoms. The minimum Gasteiger partial charge on any atom is -0.294 e. The molecule has 0 heterocycles. The van der Waals surface area contributed by atoms with E-state index < -0.39 is 0 Å². The van der Waals surface area contributed by atoms with Crippen LogP contribution < -0.4 is 0 Å². The fourth-order valence-corrected chi connectivity index (χ4v) is 1.07. The summed E-state index contributed by atoms with van der Waals surface area (Å²) in [6.45, 7) is 4.01. The van der Waals surface area contributed by atoms with Crippen LogP contribution in [-0.2, 0) is 4.79 Å². The minimum atomic E-state index is 0.293. The number of allylic oxidation sites excluding steroid dienone is 4. The van der Waals surface area contributed by atoms with E-state index in [2.05, 4.69) is 0 Å². The van der Waals surface area contributed by atoms with Gasteiger partial charge in [0.05, 0.1) is 0 Å². The van der Waals surface area contributed by atoms with Gasteiger partial charge >= 0.3 is 0 Å². The summed E-state index contributed by atoms with van der Waals surface area (Å²) in [6, 6.07) is 0. The fraction of sp³-hybridized carbons (Fsp3) is 0.444. The van der Waals surface area contributed by atoms with Gasteiger partial charge in [0.25, 0.3) is 0 Å². The number of carbonyl (C=O) groups is 1. The molecule has 0 amide bonds. The molecular formula is C9H12O. The molecule has 0 aliphatic heterocycles. The number of Topliss-reactive ketones (excluding diaryl/α,β-unsaturated/α-hetero) is 1. The van der Waals surface area contributed by atoms with Gasteiger partial charge in [-0.2, -0.15) is 0 Å². The van der Waals surface area contributed by atoms with Crippen LogP contribution in [0, 0.1) is 0 Å². The Bertz CT molecular complexity index is 205. The number of carbonyl (C=O) groups excluding carboxylic acids is 1. The molecule has 0 aromatic carbocycles. The predicted molar refractivity (Wildman–Crippen MR) is 41.8 cm³/mol. The van der Waals surface area contributed by atoms with Crippen LogP contribution in [0.25, 0.3) is 0 Å². The van der Waals surface area contributed by atoms with Gasteiger partial charge in [-0.05, 0) is 20.3 Å². The molecule has 1 heteroatoms. The van der Waals surface area contributed by atoms with Crippen molar-refractivity contribution in [2.75, 3.05) is 0 Å². The van der Waals surface area contributed by atoms with Gasteiger partial charge in [-0.3, -0.25) is 4.79 Å². The van der Waals surface area contributed by atoms with Gasteiger partial charge in [0.1, 0.15) is 0 Å². The zero-order valence-electron chi connectivity index (χ0n) is 6.48. The lowest BCUT2D eigenvalue weighted by molar-refractivity contribution is -0.114. The van der Waals surface area contributed by atoms with E-state index in [4.69, 9.17) is 0 Å². The molecule has 0 aromatic rings. The summed E-state index contributed by atoms with van der Waals surface area (Å²) in [7, 11) is 0. The Labute approximate surface area is 61.4 Å². The number of hydrogen-bond donors (Lipinski definition) is 0. The molecule has 0 atom stereocenters. The molecular weight excluding hydrogens is 124 g/mol. The summed E-state index contributed by atoms with van der Waals surface area (Å²) in [6.07, 6.45) is 5.60. The summed E-state index contributed by atoms with van der Waals surface area (Å²) < 4.78 is 0. The molecule has 0 fully saturated rings. The van der Waals surface area contributed by atoms with Crippen molar-refractivity contribution in [3.05, 3.63) is 23.3 Å². The normalized spacial score (nSPS) is 17.0. The van der Waals surface area contributed by atoms with Crippen LogP contribution in [0.4, 0.5) is 0 Å². The molecule has 1 aliphatic rings. The molecule has 1 nitrogen and oxygen atoms in total. The SMILES string of the molecule is CC(C)=CC1=CCCC1=O. The quantitative estimate of drug-likeness (QED) is 0.540. The van der Waals surface area contributed by atoms with E-state index in [-0.39, 0.29) is 0 Å². The van der Waals surface area contributed by atoms with Gasteiger partial charge in [-0.1, -0.05) is 17.7 Å². The highest BCUT2D eigenvalue weighted by molar-refractivity contribution is 6.00. The summed E-state index contributed by atoms with van der Waals surface area (Å²) in [5.74, 6) is 0.293. The lowest BCUT2D eigenvalue weighted by atomic mass is 10.1. The van der Waals surface area contributed by atoms with Crippen LogP contribution in [0.3, 0.4) is 0 Å². The smallest absolute Gasteiger partial charge is 0.162 e. The van der Waals surface area contributed by atoms with Crippen molar-refractivity contribution in [1.82, 2.24) is 0 Å². The van der Waals surface area contributed by atoms with Crippen molar-refractivity contribution < 1.29 is 4.79 Å². The third-order valence-corrected chi connectivity index (χ3v) is 1.50. The average molecular weight is 136 g/mol. The van der Waals surface area contributed by atoms with Gasteiger partial charge in [0.2, 0.25) is 0 Å². The summed E-state index contributed by atoms with van der Waals surface area (Å²) in [4.78, 5) is 11.0. The Hall–Kier alpha value is -0.850. The van der Waals surface area contributed by atoms with Crippen LogP contribution in [0.5, 0.6) is 0 Å². The van der Waals surface area contributed by atoms with Crippen molar-refractivity contribution in [1.29, 1.82) is 0 Å². The first-order valence-corrected chi connectivity index (χ1v) is 3.58. The van der Waals surface area contributed by atoms with Gasteiger partial charge in [-0.15, -0.1) is 0 Å². The maximum absolute atomic E-state index is 11.0. The van der Waals surface area contributed by atoms with E-state index in [1.54, 1.807) is 0 Å². The monoisotopic (exact) mass is 136 g/mol. The Morgan fingerprint density at radius 3 is 2.70 bits per heavy atom. The largest absolute Gasteiger partial charge is 0.294 e. The summed E-state index contributed by atoms with van der Waals surface area (Å²) in [5.41, 5.74) is 2.10. The van der Waals surface area contributed by atoms with Crippen molar-refractivity contribution >= 4 is 5.78 Å². The highest BCUT2D eigenvalue weighted by Crippen LogP contribution is 2.15. The first-order chi connectivity index (χ1) is 4.70. The Morgan fingerprint density at radius 2 is 2.30 bits per heavy atom. The summed E-state index contributed by atoms with van der Waals surface area (Å²) in [5, 5.41) is 0. The standard InChI is InChI=1S/C9H12O/c1-7(2)6-8-4-3-5-9(8)10/h4,6H,3,5H2,1-2H3. The molecule has 1 aliphatic carbocycles. The van der Waals surface area contributed by atoms with Crippen molar-refractivity contribution in [3.63, 3.8) is 0 Å². The highest BCUT2D eigenvalue weighted by Gasteiger charge is 2.11. The maximum Gasteiger partial charge on any atom is 0.162 e. The Morgan fingerprint density at radius 1 is 1.60 bits per heavy atom. The predicted octanol–water partition coefficient (Wildman–Crippen LogP) is 2.24. The molecule has 0 N–H and O–H groups in total. The Kier molecular flexibility index (Phi) is 2.05. The average Bonchev–Trinajstić information content (AvgIpc) is 2.15. The van der Waals surface area contributed by atoms with Gasteiger partial charge in [-0.25, -0.2) is 0 Å². The molecule has 1 rings (SSSR count). The van der Waals surface area contributed by atoms with E-state index in [1.807, 2.05) is 26.0 Å². The van der Waals surface area contributed by atoms with Gasteiger partial charge in [0.15, 0.2) is 5.78 Å². The lowest BCUT2D eigenvalue weighted by Gasteiger charge is -1.91. The molecule has 0 aromatic heterocycles. The zero-order valence-corrected chi connectivity index (χ0v) is 6.48. The van der Waals surface area contributed by atoms with Crippen molar-refractivity contribution in [2.24, 2.45) is 0 Å². The van der Waals surface area contributed by atoms with Crippen LogP contribution in [0.1, 0.15) is 26.7 Å². The number of ketones is 1. The molecule has 0 saturated heterocycles. The minimum absolute atomic E-state index is 0.293. The first kappa shape index (κ1) is 7.26. The van der Waals surface area contributed by atoms with Gasteiger partial charge in [0, 0.05) is 12.0 Å². The molecule has 54 valence electrons. The topological polar surface area (TPSA) is 17.1 Å². The molecule has 0 radical (unpaired) electrons. The highest BCUT2D eigenvalue weighted by atomic mass is 16.1. The van der Waals surface area contributed by atoms with Crippen LogP contribution in [-0.4, -0.2) is 5.78 Å². The van der Waals surface area contributed by atoms with Crippen molar-refractivity contribution in [2.45, 2.75) is 26.7 Å². The number of rotatable bonds is 1. The zero-order chi connectivity index (χ0) is 7.56. The van der Waals surface area contributed by atoms with Gasteiger partial charge < -0.3 is 0 Å². The lowest BCUT2D eigenvalue weighted by Crippen LogP contribution is -1.91. The third-order valence-electron chi connectivity index (χ3n) is 1.50. The van der Waals surface area contributed by atoms with Crippen molar-refractivity contribution in [3.8, 4) is 0 Å². The first-order valence-electron chi connectivity index (χ1n) is 3.58. The number of hydrogen-bond acceptors (Lipinski definition) is 1. The molecule has 10 heavy (non-hydrogen) atoms. The van der Waals surface area contributed by atoms with E-state index in [0.717, 1.165) is 12.0 Å². The fourth-order valence-electron chi connectivity index (χ4n) is 1.07. The summed E-state index contributed by atoms with van der Waals surface area (Å²) >= 11 is 0. The van der Waals surface area contributed by atoms with Crippen LogP contribution in [0.15, 0.2) is 23.3 Å². The second kappa shape index (κ2) is 2.82. The molecule has 0 spiro atoms. The second-order valence-corrected chi connectivity index (χ2v) is 2.84. The van der Waals surface area contributed by atoms with Crippen LogP contribution >= 0.6 is 0 Å². The van der Waals surface area contributed by atoms with E-state index in [0.29, 0.717) is 12.2 Å². The molecule has 0 unspecified atom stereocenters. The third kappa shape index (κ3) is 1.56. The second-order valence-electron chi connectivity index (χ2n) is 2.84. The Balaban J connectivity index is 2.74.